The predicted octanol–water partition coefficient (Wildman–Crippen LogP) is 5.07. The Labute approximate surface area is 159 Å². The minimum Gasteiger partial charge on any atom is -0.326 e. The quantitative estimate of drug-likeness (QED) is 0.601. The molecule has 0 spiro atoms. The van der Waals surface area contributed by atoms with E-state index < -0.39 is 11.6 Å². The van der Waals surface area contributed by atoms with E-state index in [-0.39, 0.29) is 24.2 Å². The second-order valence-corrected chi connectivity index (χ2v) is 7.46. The third-order valence-electron chi connectivity index (χ3n) is 4.41. The van der Waals surface area contributed by atoms with Crippen LogP contribution in [0.2, 0.25) is 0 Å². The number of rotatable bonds is 6. The monoisotopic (exact) mass is 387 g/mol. The predicted molar refractivity (Wildman–Crippen MR) is 104 cm³/mol. The lowest BCUT2D eigenvalue weighted by Gasteiger charge is -2.05. The molecule has 140 valence electrons. The Kier molecular flexibility index (Phi) is 5.65. The molecule has 2 heterocycles. The smallest absolute Gasteiger partial charge is 0.251 e. The van der Waals surface area contributed by atoms with Crippen LogP contribution in [0.5, 0.6) is 0 Å². The van der Waals surface area contributed by atoms with Crippen molar-refractivity contribution in [2.45, 2.75) is 33.1 Å². The number of nitrogens with one attached hydrogen (secondary N) is 1. The van der Waals surface area contributed by atoms with Crippen LogP contribution in [-0.2, 0) is 12.8 Å². The molecule has 0 radical (unpaired) electrons. The summed E-state index contributed by atoms with van der Waals surface area (Å²) in [5.74, 6) is -1.36. The molecule has 1 N–H and O–H groups in total. The number of carbonyl (C=O) groups is 1. The highest BCUT2D eigenvalue weighted by molar-refractivity contribution is 7.17. The minimum atomic E-state index is -0.642. The van der Waals surface area contributed by atoms with Gasteiger partial charge in [-0.2, -0.15) is 0 Å². The zero-order valence-electron chi connectivity index (χ0n) is 15.1. The fourth-order valence-corrected chi connectivity index (χ4v) is 4.00. The first-order valence-electron chi connectivity index (χ1n) is 8.68. The van der Waals surface area contributed by atoms with Gasteiger partial charge < -0.3 is 4.98 Å². The molecule has 0 aliphatic heterocycles. The number of thiophene rings is 1. The van der Waals surface area contributed by atoms with E-state index in [4.69, 9.17) is 0 Å². The number of aromatic nitrogens is 1. The molecule has 0 amide bonds. The summed E-state index contributed by atoms with van der Waals surface area (Å²) >= 11 is 1.36. The molecule has 27 heavy (non-hydrogen) atoms. The number of carbonyl (C=O) groups excluding carboxylic acids is 1. The highest BCUT2D eigenvalue weighted by Crippen LogP contribution is 2.30. The van der Waals surface area contributed by atoms with Crippen LogP contribution >= 0.6 is 11.3 Å². The standard InChI is InChI=1S/C21H19F2NO2S/c1-3-14-10-17(12(2)24-21(14)26)19-6-7-20(27-19)18(25)5-4-13-8-15(22)11-16(23)9-13/h6-11H,3-5H2,1-2H3,(H,24,26). The third kappa shape index (κ3) is 4.39. The lowest BCUT2D eigenvalue weighted by Crippen LogP contribution is -2.13. The first-order valence-corrected chi connectivity index (χ1v) is 9.50. The van der Waals surface area contributed by atoms with Crippen LogP contribution in [0.15, 0.2) is 41.2 Å². The fraction of sp³-hybridized carbons (Fsp3) is 0.238. The van der Waals surface area contributed by atoms with Crippen LogP contribution in [0.3, 0.4) is 0 Å². The Morgan fingerprint density at radius 3 is 2.48 bits per heavy atom. The molecule has 1 aromatic carbocycles. The minimum absolute atomic E-state index is 0.0753. The number of Topliss-reactive ketones (excluding diaryl/α,β-unsaturated/α-hetero) is 1. The van der Waals surface area contributed by atoms with Gasteiger partial charge in [0, 0.05) is 34.2 Å². The molecule has 3 aromatic rings. The normalized spacial score (nSPS) is 11.0. The molecule has 3 nitrogen and oxygen atoms in total. The summed E-state index contributed by atoms with van der Waals surface area (Å²) in [5, 5.41) is 0. The summed E-state index contributed by atoms with van der Waals surface area (Å²) < 4.78 is 26.5. The Morgan fingerprint density at radius 1 is 1.11 bits per heavy atom. The average molecular weight is 387 g/mol. The number of ketones is 1. The van der Waals surface area contributed by atoms with Crippen LogP contribution in [0, 0.1) is 18.6 Å². The van der Waals surface area contributed by atoms with E-state index in [0.717, 1.165) is 22.2 Å². The highest BCUT2D eigenvalue weighted by atomic mass is 32.1. The van der Waals surface area contributed by atoms with Gasteiger partial charge in [0.2, 0.25) is 0 Å². The second-order valence-electron chi connectivity index (χ2n) is 6.38. The van der Waals surface area contributed by atoms with Crippen LogP contribution < -0.4 is 5.56 Å². The Bertz CT molecular complexity index is 1030. The molecule has 3 rings (SSSR count). The van der Waals surface area contributed by atoms with Gasteiger partial charge in [-0.15, -0.1) is 11.3 Å². The Morgan fingerprint density at radius 2 is 1.81 bits per heavy atom. The number of H-pyrrole nitrogens is 1. The summed E-state index contributed by atoms with van der Waals surface area (Å²) in [4.78, 5) is 28.7. The molecule has 0 unspecified atom stereocenters. The number of halogens is 2. The van der Waals surface area contributed by atoms with Crippen molar-refractivity contribution in [1.29, 1.82) is 0 Å². The van der Waals surface area contributed by atoms with E-state index >= 15 is 0 Å². The van der Waals surface area contributed by atoms with Crippen molar-refractivity contribution in [2.75, 3.05) is 0 Å². The molecule has 0 aliphatic carbocycles. The molecular weight excluding hydrogens is 368 g/mol. The number of aromatic amines is 1. The van der Waals surface area contributed by atoms with Gasteiger partial charge in [0.05, 0.1) is 4.88 Å². The van der Waals surface area contributed by atoms with E-state index in [1.54, 1.807) is 6.07 Å². The topological polar surface area (TPSA) is 49.9 Å². The van der Waals surface area contributed by atoms with Crippen molar-refractivity contribution >= 4 is 17.1 Å². The van der Waals surface area contributed by atoms with E-state index in [0.29, 0.717) is 22.4 Å². The van der Waals surface area contributed by atoms with Crippen molar-refractivity contribution in [3.05, 3.63) is 80.1 Å². The lowest BCUT2D eigenvalue weighted by atomic mass is 10.1. The van der Waals surface area contributed by atoms with Crippen molar-refractivity contribution in [2.24, 2.45) is 0 Å². The van der Waals surface area contributed by atoms with Crippen LogP contribution in [0.1, 0.15) is 39.8 Å². The van der Waals surface area contributed by atoms with E-state index in [1.807, 2.05) is 26.0 Å². The van der Waals surface area contributed by atoms with Gasteiger partial charge in [-0.1, -0.05) is 6.92 Å². The van der Waals surface area contributed by atoms with Gasteiger partial charge in [0.15, 0.2) is 5.78 Å². The van der Waals surface area contributed by atoms with Crippen molar-refractivity contribution in [1.82, 2.24) is 4.98 Å². The number of pyridine rings is 1. The maximum Gasteiger partial charge on any atom is 0.251 e. The van der Waals surface area contributed by atoms with Crippen LogP contribution in [-0.4, -0.2) is 10.8 Å². The molecule has 0 saturated carbocycles. The van der Waals surface area contributed by atoms with Crippen molar-refractivity contribution < 1.29 is 13.6 Å². The highest BCUT2D eigenvalue weighted by Gasteiger charge is 2.14. The average Bonchev–Trinajstić information content (AvgIpc) is 3.09. The van der Waals surface area contributed by atoms with Gasteiger partial charge in [-0.05, 0) is 55.7 Å². The zero-order valence-corrected chi connectivity index (χ0v) is 15.9. The summed E-state index contributed by atoms with van der Waals surface area (Å²) in [6.07, 6.45) is 1.08. The molecule has 0 fully saturated rings. The molecular formula is C21H19F2NO2S. The van der Waals surface area contributed by atoms with Crippen molar-refractivity contribution in [3.8, 4) is 10.4 Å². The summed E-state index contributed by atoms with van der Waals surface area (Å²) in [5.41, 5.74) is 2.73. The number of hydrogen-bond acceptors (Lipinski definition) is 3. The maximum absolute atomic E-state index is 13.2. The van der Waals surface area contributed by atoms with Gasteiger partial charge >= 0.3 is 0 Å². The maximum atomic E-state index is 13.2. The SMILES string of the molecule is CCc1cc(-c2ccc(C(=O)CCc3cc(F)cc(F)c3)s2)c(C)[nH]c1=O. The number of aryl methyl sites for hydroxylation is 3. The van der Waals surface area contributed by atoms with Crippen LogP contribution in [0.25, 0.3) is 10.4 Å². The number of benzene rings is 1. The van der Waals surface area contributed by atoms with E-state index in [2.05, 4.69) is 4.98 Å². The Balaban J connectivity index is 1.77. The summed E-state index contributed by atoms with van der Waals surface area (Å²) in [6, 6.07) is 8.78. The molecule has 0 saturated heterocycles. The van der Waals surface area contributed by atoms with Gasteiger partial charge in [0.1, 0.15) is 11.6 Å². The van der Waals surface area contributed by atoms with E-state index in [1.165, 1.54) is 23.5 Å². The molecule has 2 aromatic heterocycles. The molecule has 0 aliphatic rings. The van der Waals surface area contributed by atoms with E-state index in [9.17, 15) is 18.4 Å². The zero-order chi connectivity index (χ0) is 19.6. The fourth-order valence-electron chi connectivity index (χ4n) is 2.95. The lowest BCUT2D eigenvalue weighted by molar-refractivity contribution is 0.0986. The second kappa shape index (κ2) is 7.96. The molecule has 0 bridgehead atoms. The Hall–Kier alpha value is -2.60. The molecule has 0 atom stereocenters. The summed E-state index contributed by atoms with van der Waals surface area (Å²) in [6.45, 7) is 3.75. The third-order valence-corrected chi connectivity index (χ3v) is 5.57. The molecule has 6 heteroatoms. The van der Waals surface area contributed by atoms with Crippen molar-refractivity contribution in [3.63, 3.8) is 0 Å². The van der Waals surface area contributed by atoms with Gasteiger partial charge in [0.25, 0.3) is 5.56 Å². The first kappa shape index (κ1) is 19.2. The largest absolute Gasteiger partial charge is 0.326 e. The van der Waals surface area contributed by atoms with Crippen LogP contribution in [0.4, 0.5) is 8.78 Å². The summed E-state index contributed by atoms with van der Waals surface area (Å²) in [7, 11) is 0. The van der Waals surface area contributed by atoms with Gasteiger partial charge in [-0.25, -0.2) is 8.78 Å². The van der Waals surface area contributed by atoms with Gasteiger partial charge in [-0.3, -0.25) is 9.59 Å². The first-order chi connectivity index (χ1) is 12.9. The number of hydrogen-bond donors (Lipinski definition) is 1.